The molecule has 2 rings (SSSR count). The predicted octanol–water partition coefficient (Wildman–Crippen LogP) is 1.83. The molecule has 1 aliphatic carbocycles. The van der Waals surface area contributed by atoms with Crippen LogP contribution < -0.4 is 11.1 Å². The number of primary amides is 1. The van der Waals surface area contributed by atoms with E-state index in [0.29, 0.717) is 5.69 Å². The minimum Gasteiger partial charge on any atom is -0.368 e. The van der Waals surface area contributed by atoms with Crippen molar-refractivity contribution in [3.8, 4) is 0 Å². The molecule has 3 N–H and O–H groups in total. The molecule has 0 radical (unpaired) electrons. The lowest BCUT2D eigenvalue weighted by Gasteiger charge is -2.33. The summed E-state index contributed by atoms with van der Waals surface area (Å²) in [6.07, 6.45) is 5.72. The van der Waals surface area contributed by atoms with E-state index < -0.39 is 11.3 Å². The minimum atomic E-state index is -0.466. The second-order valence-corrected chi connectivity index (χ2v) is 6.15. The molecule has 2 amide bonds. The predicted molar refractivity (Wildman–Crippen MR) is 80.4 cm³/mol. The third kappa shape index (κ3) is 3.51. The number of hydrogen-bond donors (Lipinski definition) is 2. The summed E-state index contributed by atoms with van der Waals surface area (Å²) in [6.45, 7) is 6.21. The van der Waals surface area contributed by atoms with Crippen LogP contribution in [0.15, 0.2) is 23.5 Å². The Morgan fingerprint density at radius 3 is 2.76 bits per heavy atom. The highest BCUT2D eigenvalue weighted by molar-refractivity contribution is 5.95. The number of anilines is 1. The number of amides is 2. The van der Waals surface area contributed by atoms with E-state index in [1.54, 1.807) is 6.20 Å². The maximum Gasteiger partial charge on any atom is 0.239 e. The van der Waals surface area contributed by atoms with E-state index in [2.05, 4.69) is 24.3 Å². The number of hydrogen-bond acceptors (Lipinski definition) is 3. The lowest BCUT2D eigenvalue weighted by molar-refractivity contribution is -0.125. The lowest BCUT2D eigenvalue weighted by Crippen LogP contribution is -2.35. The summed E-state index contributed by atoms with van der Waals surface area (Å²) >= 11 is 0. The molecule has 0 aromatic carbocycles. The summed E-state index contributed by atoms with van der Waals surface area (Å²) in [6, 6.07) is 0. The zero-order valence-electron chi connectivity index (χ0n) is 12.8. The fourth-order valence-electron chi connectivity index (χ4n) is 2.65. The Bertz CT molecular complexity index is 603. The van der Waals surface area contributed by atoms with Gasteiger partial charge in [0.2, 0.25) is 11.8 Å². The number of aromatic nitrogens is 2. The van der Waals surface area contributed by atoms with Crippen molar-refractivity contribution >= 4 is 17.5 Å². The van der Waals surface area contributed by atoms with Crippen LogP contribution in [0, 0.1) is 5.41 Å². The van der Waals surface area contributed by atoms with Crippen LogP contribution >= 0.6 is 0 Å². The Hall–Kier alpha value is -2.11. The summed E-state index contributed by atoms with van der Waals surface area (Å²) in [5.74, 6) is -0.473. The Labute approximate surface area is 124 Å². The van der Waals surface area contributed by atoms with Crippen molar-refractivity contribution in [2.24, 2.45) is 11.1 Å². The Morgan fingerprint density at radius 2 is 2.14 bits per heavy atom. The maximum absolute atomic E-state index is 12.5. The van der Waals surface area contributed by atoms with E-state index in [0.717, 1.165) is 19.3 Å². The van der Waals surface area contributed by atoms with Gasteiger partial charge in [-0.25, -0.2) is 0 Å². The largest absolute Gasteiger partial charge is 0.368 e. The number of carbonyl (C=O) groups excluding carboxylic acids is 2. The summed E-state index contributed by atoms with van der Waals surface area (Å²) in [5, 5.41) is 6.88. The Balaban J connectivity index is 2.04. The number of rotatable bonds is 4. The van der Waals surface area contributed by atoms with Gasteiger partial charge in [-0.15, -0.1) is 0 Å². The van der Waals surface area contributed by atoms with Crippen molar-refractivity contribution in [3.63, 3.8) is 0 Å². The molecule has 0 spiro atoms. The topological polar surface area (TPSA) is 90.0 Å². The monoisotopic (exact) mass is 290 g/mol. The van der Waals surface area contributed by atoms with E-state index in [1.807, 2.05) is 6.92 Å². The van der Waals surface area contributed by atoms with Crippen molar-refractivity contribution in [3.05, 3.63) is 23.5 Å². The summed E-state index contributed by atoms with van der Waals surface area (Å²) in [4.78, 5) is 23.3. The van der Waals surface area contributed by atoms with Gasteiger partial charge < -0.3 is 11.1 Å². The number of nitrogens with zero attached hydrogens (tertiary/aromatic N) is 2. The van der Waals surface area contributed by atoms with Crippen LogP contribution in [0.5, 0.6) is 0 Å². The third-order valence-corrected chi connectivity index (χ3v) is 4.19. The second-order valence-electron chi connectivity index (χ2n) is 6.15. The zero-order valence-corrected chi connectivity index (χ0v) is 12.8. The number of nitrogens with one attached hydrogen (secondary N) is 1. The van der Waals surface area contributed by atoms with Crippen LogP contribution in [0.25, 0.3) is 0 Å². The third-order valence-electron chi connectivity index (χ3n) is 4.19. The van der Waals surface area contributed by atoms with Crippen LogP contribution in [0.2, 0.25) is 0 Å². The molecule has 0 saturated carbocycles. The molecule has 21 heavy (non-hydrogen) atoms. The standard InChI is InChI=1S/C15H22N4O2/c1-10-4-5-15(3,6-11(10)2)14(21)18-12-7-17-19(8-12)9-13(16)20/h7-8H,4-6,9H2,1-3H3,(H2,16,20)(H,18,21). The molecule has 1 aromatic rings. The molecule has 114 valence electrons. The molecule has 0 bridgehead atoms. The van der Waals surface area contributed by atoms with Gasteiger partial charge in [0.25, 0.3) is 0 Å². The van der Waals surface area contributed by atoms with E-state index in [9.17, 15) is 9.59 Å². The number of carbonyl (C=O) groups is 2. The van der Waals surface area contributed by atoms with Gasteiger partial charge in [0.05, 0.1) is 17.3 Å². The van der Waals surface area contributed by atoms with Gasteiger partial charge in [-0.2, -0.15) is 5.10 Å². The molecule has 1 heterocycles. The molecule has 1 unspecified atom stereocenters. The van der Waals surface area contributed by atoms with E-state index >= 15 is 0 Å². The van der Waals surface area contributed by atoms with E-state index in [4.69, 9.17) is 5.73 Å². The molecular weight excluding hydrogens is 268 g/mol. The highest BCUT2D eigenvalue weighted by atomic mass is 16.2. The van der Waals surface area contributed by atoms with E-state index in [-0.39, 0.29) is 12.5 Å². The van der Waals surface area contributed by atoms with Crippen molar-refractivity contribution in [2.75, 3.05) is 5.32 Å². The highest BCUT2D eigenvalue weighted by Gasteiger charge is 2.36. The van der Waals surface area contributed by atoms with Crippen molar-refractivity contribution in [2.45, 2.75) is 46.6 Å². The van der Waals surface area contributed by atoms with Crippen molar-refractivity contribution in [1.82, 2.24) is 9.78 Å². The van der Waals surface area contributed by atoms with E-state index in [1.165, 1.54) is 22.0 Å². The van der Waals surface area contributed by atoms with Gasteiger partial charge in [0, 0.05) is 6.20 Å². The van der Waals surface area contributed by atoms with Gasteiger partial charge in [-0.1, -0.05) is 18.1 Å². The average molecular weight is 290 g/mol. The van der Waals surface area contributed by atoms with Gasteiger partial charge in [-0.3, -0.25) is 14.3 Å². The quantitative estimate of drug-likeness (QED) is 0.829. The average Bonchev–Trinajstić information content (AvgIpc) is 2.80. The molecule has 1 atom stereocenters. The zero-order chi connectivity index (χ0) is 15.6. The maximum atomic E-state index is 12.5. The SMILES string of the molecule is CC1=C(C)CC(C)(C(=O)Nc2cnn(CC(N)=O)c2)CC1. The molecule has 1 aliphatic rings. The van der Waals surface area contributed by atoms with Crippen molar-refractivity contribution in [1.29, 1.82) is 0 Å². The molecule has 0 saturated heterocycles. The molecular formula is C15H22N4O2. The van der Waals surface area contributed by atoms with Crippen LogP contribution in [-0.4, -0.2) is 21.6 Å². The normalized spacial score (nSPS) is 22.2. The van der Waals surface area contributed by atoms with Gasteiger partial charge >= 0.3 is 0 Å². The summed E-state index contributed by atoms with van der Waals surface area (Å²) in [5.41, 5.74) is 7.98. The molecule has 1 aromatic heterocycles. The Morgan fingerprint density at radius 1 is 1.43 bits per heavy atom. The van der Waals surface area contributed by atoms with Gasteiger partial charge in [-0.05, 0) is 33.1 Å². The molecule has 6 heteroatoms. The van der Waals surface area contributed by atoms with Gasteiger partial charge in [0.1, 0.15) is 6.54 Å². The second kappa shape index (κ2) is 5.71. The minimum absolute atomic E-state index is 0.00650. The summed E-state index contributed by atoms with van der Waals surface area (Å²) < 4.78 is 1.41. The van der Waals surface area contributed by atoms with Crippen molar-refractivity contribution < 1.29 is 9.59 Å². The molecule has 0 aliphatic heterocycles. The highest BCUT2D eigenvalue weighted by Crippen LogP contribution is 2.39. The Kier molecular flexibility index (Phi) is 4.16. The lowest BCUT2D eigenvalue weighted by atomic mass is 9.73. The first kappa shape index (κ1) is 15.3. The van der Waals surface area contributed by atoms with Crippen LogP contribution in [0.3, 0.4) is 0 Å². The summed E-state index contributed by atoms with van der Waals surface area (Å²) in [7, 11) is 0. The fourth-order valence-corrected chi connectivity index (χ4v) is 2.65. The number of nitrogens with two attached hydrogens (primary N) is 1. The first-order valence-corrected chi connectivity index (χ1v) is 7.07. The fraction of sp³-hybridized carbons (Fsp3) is 0.533. The first-order chi connectivity index (χ1) is 9.80. The molecule has 0 fully saturated rings. The van der Waals surface area contributed by atoms with Gasteiger partial charge in [0.15, 0.2) is 0 Å². The van der Waals surface area contributed by atoms with Crippen LogP contribution in [0.1, 0.15) is 40.0 Å². The number of allylic oxidation sites excluding steroid dienone is 2. The van der Waals surface area contributed by atoms with Crippen LogP contribution in [0.4, 0.5) is 5.69 Å². The smallest absolute Gasteiger partial charge is 0.239 e. The van der Waals surface area contributed by atoms with Crippen LogP contribution in [-0.2, 0) is 16.1 Å². The molecule has 6 nitrogen and oxygen atoms in total. The first-order valence-electron chi connectivity index (χ1n) is 7.07.